The van der Waals surface area contributed by atoms with Gasteiger partial charge in [-0.1, -0.05) is 186 Å². The fraction of sp³-hybridized carbons (Fsp3) is 1.00. The van der Waals surface area contributed by atoms with Gasteiger partial charge in [-0.15, -0.1) is 0 Å². The molecule has 2 unspecified atom stereocenters. The lowest BCUT2D eigenvalue weighted by Crippen LogP contribution is -2.18. The molecule has 0 heterocycles. The lowest BCUT2D eigenvalue weighted by molar-refractivity contribution is 0.309. The van der Waals surface area contributed by atoms with E-state index < -0.39 is 14.6 Å². The van der Waals surface area contributed by atoms with Gasteiger partial charge in [0.25, 0.3) is 0 Å². The average Bonchev–Trinajstić information content (AvgIpc) is 3.02. The van der Waals surface area contributed by atoms with Crippen LogP contribution in [0.15, 0.2) is 0 Å². The van der Waals surface area contributed by atoms with Gasteiger partial charge in [0.2, 0.25) is 7.37 Å². The van der Waals surface area contributed by atoms with Crippen molar-refractivity contribution in [1.82, 2.24) is 0 Å². The summed E-state index contributed by atoms with van der Waals surface area (Å²) < 4.78 is 12.4. The van der Waals surface area contributed by atoms with E-state index in [-0.39, 0.29) is 10.8 Å². The molecule has 0 saturated heterocycles. The van der Waals surface area contributed by atoms with Crippen molar-refractivity contribution in [3.63, 3.8) is 0 Å². The summed E-state index contributed by atoms with van der Waals surface area (Å²) in [4.78, 5) is 10.2. The fourth-order valence-corrected chi connectivity index (χ4v) is 16.1. The summed E-state index contributed by atoms with van der Waals surface area (Å²) >= 11 is 0. The smallest absolute Gasteiger partial charge is 0.201 e. The molecule has 0 aromatic rings. The van der Waals surface area contributed by atoms with Gasteiger partial charge in [0.1, 0.15) is 0 Å². The zero-order valence-corrected chi connectivity index (χ0v) is 40.3. The summed E-state index contributed by atoms with van der Waals surface area (Å²) in [6.07, 6.45) is 45.0. The summed E-state index contributed by atoms with van der Waals surface area (Å²) in [5.74, 6) is 0.635. The van der Waals surface area contributed by atoms with Crippen molar-refractivity contribution in [2.45, 2.75) is 250 Å². The predicted molar refractivity (Wildman–Crippen MR) is 246 cm³/mol. The van der Waals surface area contributed by atoms with E-state index in [9.17, 15) is 9.46 Å². The Bertz CT molecular complexity index is 736. The van der Waals surface area contributed by atoms with Gasteiger partial charge in [0.15, 0.2) is 0 Å². The molecule has 2 nitrogen and oxygen atoms in total. The second-order valence-electron chi connectivity index (χ2n) is 20.3. The van der Waals surface area contributed by atoms with Crippen molar-refractivity contribution in [3.8, 4) is 0 Å². The third kappa shape index (κ3) is 38.9. The van der Waals surface area contributed by atoms with E-state index in [1.54, 1.807) is 50.3 Å². The molecule has 0 aliphatic rings. The van der Waals surface area contributed by atoms with Crippen LogP contribution in [0.4, 0.5) is 0 Å². The van der Waals surface area contributed by atoms with E-state index in [1.165, 1.54) is 128 Å². The SMILES string of the molecule is CC(CC(C)(C)C)CP(=O)(O)CC(C)CC(C)(C)C.CCCCCCCCCCCCCC[P+](CCCCCC)(CCCCCC)CCCCCC. The summed E-state index contributed by atoms with van der Waals surface area (Å²) in [6, 6.07) is 0. The first-order chi connectivity index (χ1) is 24.4. The zero-order valence-electron chi connectivity index (χ0n) is 38.5. The lowest BCUT2D eigenvalue weighted by Gasteiger charge is -2.28. The van der Waals surface area contributed by atoms with Gasteiger partial charge in [0, 0.05) is 19.6 Å². The minimum absolute atomic E-state index is 0.233. The third-order valence-electron chi connectivity index (χ3n) is 11.1. The standard InChI is InChI=1S/C32H68P.C16H35O2P/c1-5-9-13-17-18-19-20-21-22-23-24-28-32-33(29-25-14-10-6-2,30-26-15-11-7-3)31-27-16-12-8-4;1-13(9-15(3,4)5)11-19(17,18)12-14(2)10-16(6,7)8/h5-32H2,1-4H3;13-14H,9-12H2,1-8H3,(H,17,18)/q+1;. The molecule has 1 N–H and O–H groups in total. The predicted octanol–water partition coefficient (Wildman–Crippen LogP) is 17.8. The van der Waals surface area contributed by atoms with Crippen LogP contribution in [-0.2, 0) is 4.57 Å². The van der Waals surface area contributed by atoms with Crippen LogP contribution in [0, 0.1) is 22.7 Å². The normalized spacial score (nSPS) is 14.9. The Hall–Kier alpha value is 0.620. The molecule has 0 aliphatic carbocycles. The molecule has 0 saturated carbocycles. The van der Waals surface area contributed by atoms with E-state index >= 15 is 0 Å². The first kappa shape index (κ1) is 54.7. The van der Waals surface area contributed by atoms with Gasteiger partial charge in [-0.05, 0) is 86.9 Å². The van der Waals surface area contributed by atoms with Gasteiger partial charge < -0.3 is 4.89 Å². The van der Waals surface area contributed by atoms with E-state index in [2.05, 4.69) is 83.1 Å². The molecule has 52 heavy (non-hydrogen) atoms. The van der Waals surface area contributed by atoms with Crippen molar-refractivity contribution >= 4 is 14.6 Å². The zero-order chi connectivity index (χ0) is 39.8. The highest BCUT2D eigenvalue weighted by molar-refractivity contribution is 7.75. The molecular formula is C48H103O2P2+. The largest absolute Gasteiger partial charge is 0.344 e. The van der Waals surface area contributed by atoms with Gasteiger partial charge in [0.05, 0.1) is 24.6 Å². The lowest BCUT2D eigenvalue weighted by atomic mass is 9.86. The number of rotatable bonds is 34. The second-order valence-corrected chi connectivity index (χ2v) is 27.2. The molecule has 0 amide bonds. The van der Waals surface area contributed by atoms with Crippen LogP contribution in [-0.4, -0.2) is 41.9 Å². The Morgan fingerprint density at radius 3 is 0.865 bits per heavy atom. The van der Waals surface area contributed by atoms with Crippen molar-refractivity contribution < 1.29 is 9.46 Å². The second kappa shape index (κ2) is 33.7. The summed E-state index contributed by atoms with van der Waals surface area (Å²) in [5.41, 5.74) is 0.465. The summed E-state index contributed by atoms with van der Waals surface area (Å²) in [7, 11) is -3.67. The Morgan fingerprint density at radius 1 is 0.423 bits per heavy atom. The molecule has 0 spiro atoms. The highest BCUT2D eigenvalue weighted by atomic mass is 31.2. The number of unbranched alkanes of at least 4 members (excludes halogenated alkanes) is 20. The quantitative estimate of drug-likeness (QED) is 0.0522. The fourth-order valence-electron chi connectivity index (χ4n) is 8.85. The first-order valence-electron chi connectivity index (χ1n) is 23.6. The Kier molecular flexibility index (Phi) is 35.5. The average molecular weight is 774 g/mol. The Morgan fingerprint density at radius 2 is 0.635 bits per heavy atom. The van der Waals surface area contributed by atoms with E-state index in [0.29, 0.717) is 24.2 Å². The van der Waals surface area contributed by atoms with Crippen LogP contribution in [0.3, 0.4) is 0 Å². The molecule has 0 bridgehead atoms. The molecule has 2 atom stereocenters. The van der Waals surface area contributed by atoms with Crippen LogP contribution in [0.2, 0.25) is 0 Å². The monoisotopic (exact) mass is 774 g/mol. The van der Waals surface area contributed by atoms with Gasteiger partial charge in [-0.2, -0.15) is 0 Å². The molecule has 0 fully saturated rings. The Labute approximate surface area is 332 Å². The van der Waals surface area contributed by atoms with Crippen molar-refractivity contribution in [1.29, 1.82) is 0 Å². The van der Waals surface area contributed by atoms with Crippen LogP contribution < -0.4 is 0 Å². The first-order valence-corrected chi connectivity index (χ1v) is 28.2. The molecule has 0 aromatic carbocycles. The van der Waals surface area contributed by atoms with Crippen molar-refractivity contribution in [2.75, 3.05) is 37.0 Å². The number of hydrogen-bond acceptors (Lipinski definition) is 1. The molecule has 0 rings (SSSR count). The third-order valence-corrected chi connectivity index (χ3v) is 18.5. The maximum Gasteiger partial charge on any atom is 0.201 e. The minimum Gasteiger partial charge on any atom is -0.344 e. The molecule has 316 valence electrons. The Balaban J connectivity index is 0. The van der Waals surface area contributed by atoms with Crippen LogP contribution >= 0.6 is 14.6 Å². The molecule has 0 aromatic heterocycles. The highest BCUT2D eigenvalue weighted by Gasteiger charge is 2.35. The van der Waals surface area contributed by atoms with Crippen LogP contribution in [0.1, 0.15) is 250 Å². The highest BCUT2D eigenvalue weighted by Crippen LogP contribution is 2.61. The van der Waals surface area contributed by atoms with Gasteiger partial charge in [-0.3, -0.25) is 4.57 Å². The van der Waals surface area contributed by atoms with Crippen molar-refractivity contribution in [2.24, 2.45) is 22.7 Å². The van der Waals surface area contributed by atoms with Gasteiger partial charge in [-0.25, -0.2) is 0 Å². The number of hydrogen-bond donors (Lipinski definition) is 1. The van der Waals surface area contributed by atoms with Crippen molar-refractivity contribution in [3.05, 3.63) is 0 Å². The molecule has 0 radical (unpaired) electrons. The maximum absolute atomic E-state index is 12.4. The van der Waals surface area contributed by atoms with E-state index in [0.717, 1.165) is 12.8 Å². The van der Waals surface area contributed by atoms with Gasteiger partial charge >= 0.3 is 0 Å². The van der Waals surface area contributed by atoms with E-state index in [4.69, 9.17) is 0 Å². The maximum atomic E-state index is 12.4. The molecular weight excluding hydrogens is 670 g/mol. The van der Waals surface area contributed by atoms with Crippen LogP contribution in [0.5, 0.6) is 0 Å². The molecule has 4 heteroatoms. The summed E-state index contributed by atoms with van der Waals surface area (Å²) in [5, 5.41) is 0. The topological polar surface area (TPSA) is 37.3 Å². The summed E-state index contributed by atoms with van der Waals surface area (Å²) in [6.45, 7) is 26.7. The van der Waals surface area contributed by atoms with E-state index in [1.807, 2.05) is 0 Å². The molecule has 0 aliphatic heterocycles. The minimum atomic E-state index is -2.98. The van der Waals surface area contributed by atoms with Crippen LogP contribution in [0.25, 0.3) is 0 Å².